The van der Waals surface area contributed by atoms with Crippen molar-refractivity contribution in [3.63, 3.8) is 0 Å². The first-order chi connectivity index (χ1) is 15.8. The van der Waals surface area contributed by atoms with Gasteiger partial charge in [0.2, 0.25) is 0 Å². The second-order valence-corrected chi connectivity index (χ2v) is 9.36. The Hall–Kier alpha value is -3.50. The maximum Gasteiger partial charge on any atom is 0.271 e. The first-order valence-electron chi connectivity index (χ1n) is 10.7. The van der Waals surface area contributed by atoms with Gasteiger partial charge >= 0.3 is 0 Å². The van der Waals surface area contributed by atoms with E-state index in [0.29, 0.717) is 35.2 Å². The highest BCUT2D eigenvalue weighted by Crippen LogP contribution is 2.24. The summed E-state index contributed by atoms with van der Waals surface area (Å²) in [5.41, 5.74) is 8.43. The van der Waals surface area contributed by atoms with Crippen LogP contribution in [0.1, 0.15) is 46.7 Å². The molecule has 9 nitrogen and oxygen atoms in total. The molecule has 33 heavy (non-hydrogen) atoms. The molecule has 3 heterocycles. The Morgan fingerprint density at radius 3 is 2.79 bits per heavy atom. The predicted octanol–water partition coefficient (Wildman–Crippen LogP) is 2.59. The van der Waals surface area contributed by atoms with Gasteiger partial charge in [0.25, 0.3) is 11.8 Å². The molecule has 1 atom stereocenters. The van der Waals surface area contributed by atoms with Gasteiger partial charge in [-0.15, -0.1) is 0 Å². The number of anilines is 1. The number of imidazole rings is 1. The van der Waals surface area contributed by atoms with Crippen LogP contribution in [0.2, 0.25) is 0 Å². The molecule has 2 amide bonds. The van der Waals surface area contributed by atoms with Crippen LogP contribution in [0.25, 0.3) is 15.9 Å². The van der Waals surface area contributed by atoms with Gasteiger partial charge in [0.15, 0.2) is 10.8 Å². The summed E-state index contributed by atoms with van der Waals surface area (Å²) < 4.78 is 2.60. The first kappa shape index (κ1) is 22.7. The summed E-state index contributed by atoms with van der Waals surface area (Å²) in [5, 5.41) is 15.8. The van der Waals surface area contributed by atoms with Crippen molar-refractivity contribution in [2.75, 3.05) is 12.3 Å². The van der Waals surface area contributed by atoms with E-state index in [1.54, 1.807) is 28.9 Å². The zero-order chi connectivity index (χ0) is 23.5. The molecule has 0 unspecified atom stereocenters. The number of hydrogen-bond donors (Lipinski definition) is 4. The van der Waals surface area contributed by atoms with Crippen LogP contribution in [-0.2, 0) is 6.54 Å². The third-order valence-electron chi connectivity index (χ3n) is 5.19. The Labute approximate surface area is 194 Å². The lowest BCUT2D eigenvalue weighted by Gasteiger charge is -2.18. The average molecular weight is 467 g/mol. The van der Waals surface area contributed by atoms with Crippen molar-refractivity contribution >= 4 is 44.1 Å². The summed E-state index contributed by atoms with van der Waals surface area (Å²) in [6.45, 7) is 4.23. The highest BCUT2D eigenvalue weighted by Gasteiger charge is 2.19. The molecule has 0 saturated heterocycles. The van der Waals surface area contributed by atoms with Crippen LogP contribution in [0.15, 0.2) is 42.7 Å². The van der Waals surface area contributed by atoms with Gasteiger partial charge in [-0.3, -0.25) is 9.59 Å². The molecule has 0 aliphatic heterocycles. The van der Waals surface area contributed by atoms with E-state index in [9.17, 15) is 14.7 Å². The maximum absolute atomic E-state index is 12.8. The van der Waals surface area contributed by atoms with Crippen molar-refractivity contribution < 1.29 is 14.7 Å². The normalized spacial score (nSPS) is 12.4. The second kappa shape index (κ2) is 9.55. The molecule has 0 bridgehead atoms. The van der Waals surface area contributed by atoms with Gasteiger partial charge < -0.3 is 25.9 Å². The number of carbonyl (C=O) groups excluding carboxylic acids is 2. The number of nitrogen functional groups attached to an aromatic ring is 1. The minimum Gasteiger partial charge on any atom is -0.394 e. The summed E-state index contributed by atoms with van der Waals surface area (Å²) in [4.78, 5) is 34.2. The summed E-state index contributed by atoms with van der Waals surface area (Å²) in [6.07, 6.45) is 3.98. The van der Waals surface area contributed by atoms with Crippen LogP contribution >= 0.6 is 11.3 Å². The number of amides is 2. The summed E-state index contributed by atoms with van der Waals surface area (Å²) in [5.74, 6) is -0.355. The number of aliphatic hydroxyl groups excluding tert-OH is 1. The van der Waals surface area contributed by atoms with Crippen LogP contribution in [0.4, 0.5) is 5.13 Å². The maximum atomic E-state index is 12.8. The van der Waals surface area contributed by atoms with Crippen molar-refractivity contribution in [2.24, 2.45) is 5.92 Å². The van der Waals surface area contributed by atoms with Crippen LogP contribution in [-0.4, -0.2) is 43.9 Å². The number of pyridine rings is 1. The molecule has 0 fully saturated rings. The standard InChI is InChI=1S/C23H26N6O3S/c1-13(2)8-15(12-30)26-21(31)16-4-3-7-29-11-18(27-20(16)29)22(32)25-10-14-5-6-17-19(9-14)33-23(24)28-17/h3-7,9,11,13,15,30H,8,10,12H2,1-2H3,(H2,24,28)(H,25,32)(H,26,31)/t15-/m0/s1. The number of nitrogens with zero attached hydrogens (tertiary/aromatic N) is 3. The monoisotopic (exact) mass is 466 g/mol. The number of nitrogens with one attached hydrogen (secondary N) is 2. The van der Waals surface area contributed by atoms with E-state index >= 15 is 0 Å². The van der Waals surface area contributed by atoms with Gasteiger partial charge in [0, 0.05) is 18.9 Å². The third-order valence-corrected chi connectivity index (χ3v) is 6.04. The van der Waals surface area contributed by atoms with Gasteiger partial charge in [-0.2, -0.15) is 0 Å². The zero-order valence-corrected chi connectivity index (χ0v) is 19.2. The van der Waals surface area contributed by atoms with E-state index in [1.807, 2.05) is 32.0 Å². The lowest BCUT2D eigenvalue weighted by Crippen LogP contribution is -2.38. The third kappa shape index (κ3) is 5.12. The van der Waals surface area contributed by atoms with E-state index in [2.05, 4.69) is 20.6 Å². The van der Waals surface area contributed by atoms with Gasteiger partial charge in [0.05, 0.1) is 28.4 Å². The Morgan fingerprint density at radius 2 is 2.03 bits per heavy atom. The molecule has 0 spiro atoms. The lowest BCUT2D eigenvalue weighted by atomic mass is 10.0. The van der Waals surface area contributed by atoms with Crippen LogP contribution in [0.3, 0.4) is 0 Å². The fourth-order valence-corrected chi connectivity index (χ4v) is 4.48. The van der Waals surface area contributed by atoms with Crippen LogP contribution < -0.4 is 16.4 Å². The molecule has 0 saturated carbocycles. The molecule has 3 aromatic heterocycles. The molecule has 10 heteroatoms. The number of aromatic nitrogens is 3. The van der Waals surface area contributed by atoms with Crippen LogP contribution in [0, 0.1) is 5.92 Å². The molecular formula is C23H26N6O3S. The van der Waals surface area contributed by atoms with Crippen molar-refractivity contribution in [2.45, 2.75) is 32.9 Å². The number of fused-ring (bicyclic) bond motifs is 2. The molecule has 5 N–H and O–H groups in total. The lowest BCUT2D eigenvalue weighted by molar-refractivity contribution is 0.0907. The number of aliphatic hydroxyl groups is 1. The van der Waals surface area contributed by atoms with Crippen molar-refractivity contribution in [3.05, 3.63) is 59.5 Å². The second-order valence-electron chi connectivity index (χ2n) is 8.30. The number of nitrogens with two attached hydrogens (primary N) is 1. The number of carbonyl (C=O) groups is 2. The van der Waals surface area contributed by atoms with Gasteiger partial charge in [-0.1, -0.05) is 31.3 Å². The molecule has 0 radical (unpaired) electrons. The highest BCUT2D eigenvalue weighted by molar-refractivity contribution is 7.22. The van der Waals surface area contributed by atoms with E-state index < -0.39 is 0 Å². The van der Waals surface area contributed by atoms with Gasteiger partial charge in [0.1, 0.15) is 5.69 Å². The smallest absolute Gasteiger partial charge is 0.271 e. The number of hydrogen-bond acceptors (Lipinski definition) is 7. The molecule has 0 aliphatic rings. The van der Waals surface area contributed by atoms with E-state index in [1.165, 1.54) is 11.3 Å². The van der Waals surface area contributed by atoms with E-state index in [4.69, 9.17) is 5.73 Å². The highest BCUT2D eigenvalue weighted by atomic mass is 32.1. The fourth-order valence-electron chi connectivity index (χ4n) is 3.68. The zero-order valence-electron chi connectivity index (χ0n) is 18.4. The number of thiazole rings is 1. The Morgan fingerprint density at radius 1 is 1.21 bits per heavy atom. The van der Waals surface area contributed by atoms with Crippen LogP contribution in [0.5, 0.6) is 0 Å². The first-order valence-corrected chi connectivity index (χ1v) is 11.5. The predicted molar refractivity (Wildman–Crippen MR) is 128 cm³/mol. The van der Waals surface area contributed by atoms with Crippen molar-refractivity contribution in [1.29, 1.82) is 0 Å². The molecule has 172 valence electrons. The van der Waals surface area contributed by atoms with Gasteiger partial charge in [-0.25, -0.2) is 9.97 Å². The number of benzene rings is 1. The quantitative estimate of drug-likeness (QED) is 0.315. The molecule has 4 aromatic rings. The molecule has 1 aromatic carbocycles. The fraction of sp³-hybridized carbons (Fsp3) is 0.304. The summed E-state index contributed by atoms with van der Waals surface area (Å²) >= 11 is 1.40. The average Bonchev–Trinajstić information content (AvgIpc) is 3.38. The SMILES string of the molecule is CC(C)C[C@@H](CO)NC(=O)c1cccn2cc(C(=O)NCc3ccc4nc(N)sc4c3)nc12. The molecule has 0 aliphatic carbocycles. The summed E-state index contributed by atoms with van der Waals surface area (Å²) in [6, 6.07) is 8.74. The number of rotatable bonds is 8. The topological polar surface area (TPSA) is 135 Å². The molecular weight excluding hydrogens is 440 g/mol. The van der Waals surface area contributed by atoms with Crippen molar-refractivity contribution in [1.82, 2.24) is 25.0 Å². The van der Waals surface area contributed by atoms with E-state index in [0.717, 1.165) is 15.8 Å². The minimum atomic E-state index is -0.346. The van der Waals surface area contributed by atoms with E-state index in [-0.39, 0.29) is 30.2 Å². The Kier molecular flexibility index (Phi) is 6.57. The Bertz CT molecular complexity index is 1310. The van der Waals surface area contributed by atoms with Crippen molar-refractivity contribution in [3.8, 4) is 0 Å². The van der Waals surface area contributed by atoms with Gasteiger partial charge in [-0.05, 0) is 42.2 Å². The minimum absolute atomic E-state index is 0.144. The molecule has 4 rings (SSSR count). The largest absolute Gasteiger partial charge is 0.394 e. The Balaban J connectivity index is 1.48. The summed E-state index contributed by atoms with van der Waals surface area (Å²) in [7, 11) is 0.